The summed E-state index contributed by atoms with van der Waals surface area (Å²) < 4.78 is 8.19. The summed E-state index contributed by atoms with van der Waals surface area (Å²) in [6, 6.07) is 0. The van der Waals surface area contributed by atoms with Crippen LogP contribution >= 0.6 is 24.8 Å². The molecule has 0 unspecified atom stereocenters. The summed E-state index contributed by atoms with van der Waals surface area (Å²) in [6.45, 7) is 2.85. The van der Waals surface area contributed by atoms with Gasteiger partial charge in [0.2, 0.25) is 0 Å². The quantitative estimate of drug-likeness (QED) is 0.561. The molecule has 0 amide bonds. The van der Waals surface area contributed by atoms with E-state index >= 15 is 0 Å². The molecule has 0 aromatic heterocycles. The van der Waals surface area contributed by atoms with E-state index in [1.165, 1.54) is 19.9 Å². The predicted molar refractivity (Wildman–Crippen MR) is 42.2 cm³/mol. The van der Waals surface area contributed by atoms with Crippen LogP contribution in [0.4, 0.5) is 0 Å². The van der Waals surface area contributed by atoms with Crippen LogP contribution in [-0.2, 0) is 25.8 Å². The number of halogens is 2. The summed E-state index contributed by atoms with van der Waals surface area (Å²) in [4.78, 5) is 10.0. The van der Waals surface area contributed by atoms with Crippen LogP contribution in [0.3, 0.4) is 0 Å². The van der Waals surface area contributed by atoms with Gasteiger partial charge < -0.3 is 5.11 Å². The number of aliphatic hydroxyl groups excluding tert-OH is 1. The zero-order chi connectivity index (χ0) is 7.86. The molecule has 0 aromatic carbocycles. The Morgan fingerprint density at radius 1 is 1.27 bits per heavy atom. The van der Waals surface area contributed by atoms with Gasteiger partial charge in [-0.3, -0.25) is 4.79 Å². The number of hydrogen-bond acceptors (Lipinski definition) is 3. The molecule has 0 aromatic rings. The van der Waals surface area contributed by atoms with Crippen molar-refractivity contribution in [1.29, 1.82) is 0 Å². The van der Waals surface area contributed by atoms with Gasteiger partial charge in [0, 0.05) is 6.08 Å². The molecule has 0 atom stereocenters. The van der Waals surface area contributed by atoms with Crippen molar-refractivity contribution in [1.82, 2.24) is 0 Å². The Kier molecular flexibility index (Phi) is 34.0. The zero-order valence-corrected chi connectivity index (χ0v) is 9.13. The Balaban J connectivity index is -0.0000000564. The van der Waals surface area contributed by atoms with Crippen molar-refractivity contribution in [3.05, 3.63) is 11.8 Å². The fourth-order valence-corrected chi connectivity index (χ4v) is 0.294. The number of allylic oxidation sites excluding steroid dienone is 2. The van der Waals surface area contributed by atoms with Gasteiger partial charge in [-0.15, -0.1) is 24.8 Å². The number of hydrogen-bond donors (Lipinski definition) is 1. The monoisotopic (exact) mass is 239 g/mol. The van der Waals surface area contributed by atoms with E-state index in [-0.39, 0.29) is 36.4 Å². The van der Waals surface area contributed by atoms with E-state index in [1.807, 2.05) is 0 Å². The van der Waals surface area contributed by atoms with Crippen LogP contribution in [0.15, 0.2) is 11.8 Å². The second-order valence-corrected chi connectivity index (χ2v) is 1.40. The van der Waals surface area contributed by atoms with Gasteiger partial charge in [-0.1, -0.05) is 0 Å². The molecule has 67 valence electrons. The molecular weight excluding hydrogens is 230 g/mol. The van der Waals surface area contributed by atoms with Gasteiger partial charge in [-0.25, -0.2) is 0 Å². The predicted octanol–water partition coefficient (Wildman–Crippen LogP) is 1.76. The molecule has 0 aliphatic rings. The molecule has 0 heterocycles. The van der Waals surface area contributed by atoms with Gasteiger partial charge in [0.15, 0.2) is 5.78 Å². The number of aliphatic hydroxyl groups is 1. The number of carbonyl (C=O) groups is 1. The van der Waals surface area contributed by atoms with Crippen LogP contribution in [0, 0.1) is 0 Å². The average Bonchev–Trinajstić information content (AvgIpc) is 1.68. The molecule has 1 N–H and O–H groups in total. The summed E-state index contributed by atoms with van der Waals surface area (Å²) in [5.41, 5.74) is 0. The van der Waals surface area contributed by atoms with Crippen LogP contribution in [0.5, 0.6) is 0 Å². The van der Waals surface area contributed by atoms with E-state index in [9.17, 15) is 4.79 Å². The molecule has 0 aliphatic carbocycles. The summed E-state index contributed by atoms with van der Waals surface area (Å²) in [5.74, 6) is -0.0625. The molecule has 0 saturated heterocycles. The second kappa shape index (κ2) is 16.6. The van der Waals surface area contributed by atoms with Crippen LogP contribution in [-0.4, -0.2) is 10.9 Å². The SMILES string of the molecule is CC(=O)C=C(C)O.Cl.Cl.[O]=[V]. The Morgan fingerprint density at radius 2 is 1.55 bits per heavy atom. The van der Waals surface area contributed by atoms with Crippen LogP contribution in [0.25, 0.3) is 0 Å². The Morgan fingerprint density at radius 3 is 1.55 bits per heavy atom. The van der Waals surface area contributed by atoms with Crippen molar-refractivity contribution < 1.29 is 30.9 Å². The van der Waals surface area contributed by atoms with Gasteiger partial charge in [0.05, 0.1) is 5.76 Å². The van der Waals surface area contributed by atoms with Crippen molar-refractivity contribution in [3.63, 3.8) is 0 Å². The third kappa shape index (κ3) is 39.0. The Labute approximate surface area is 87.3 Å². The molecule has 0 aliphatic heterocycles. The van der Waals surface area contributed by atoms with Gasteiger partial charge in [-0.2, -0.15) is 0 Å². The molecule has 0 spiro atoms. The average molecular weight is 240 g/mol. The third-order valence-electron chi connectivity index (χ3n) is 0.412. The molecule has 0 fully saturated rings. The van der Waals surface area contributed by atoms with Crippen LogP contribution < -0.4 is 0 Å². The summed E-state index contributed by atoms with van der Waals surface area (Å²) >= 11 is 1.06. The number of rotatable bonds is 1. The number of carbonyl (C=O) groups excluding carboxylic acids is 1. The van der Waals surface area contributed by atoms with Crippen molar-refractivity contribution in [2.75, 3.05) is 0 Å². The Bertz CT molecular complexity index is 123. The van der Waals surface area contributed by atoms with E-state index in [4.69, 9.17) is 8.78 Å². The fraction of sp³-hybridized carbons (Fsp3) is 0.400. The Hall–Kier alpha value is 0.174. The van der Waals surface area contributed by atoms with E-state index in [0.29, 0.717) is 0 Å². The van der Waals surface area contributed by atoms with E-state index in [0.717, 1.165) is 17.4 Å². The van der Waals surface area contributed by atoms with Crippen molar-refractivity contribution in [3.8, 4) is 0 Å². The molecular formula is C5H10Cl2O3V. The standard InChI is InChI=1S/C5H8O2.2ClH.O.V/c1-4(6)3-5(2)7;;;;/h3,6H,1-2H3;2*1H;;. The minimum absolute atomic E-state index is 0. The van der Waals surface area contributed by atoms with Crippen molar-refractivity contribution in [2.24, 2.45) is 0 Å². The normalized spacial score (nSPS) is 7.55. The van der Waals surface area contributed by atoms with Crippen molar-refractivity contribution >= 4 is 30.6 Å². The van der Waals surface area contributed by atoms with E-state index < -0.39 is 0 Å². The van der Waals surface area contributed by atoms with Gasteiger partial charge in [0.1, 0.15) is 0 Å². The summed E-state index contributed by atoms with van der Waals surface area (Å²) in [7, 11) is 0. The summed E-state index contributed by atoms with van der Waals surface area (Å²) in [5, 5.41) is 8.36. The van der Waals surface area contributed by atoms with Gasteiger partial charge in [-0.05, 0) is 13.8 Å². The first-order chi connectivity index (χ1) is 4.13. The molecule has 3 nitrogen and oxygen atoms in total. The first-order valence-corrected chi connectivity index (χ1v) is 2.76. The summed E-state index contributed by atoms with van der Waals surface area (Å²) in [6.07, 6.45) is 1.17. The zero-order valence-electron chi connectivity index (χ0n) is 6.10. The maximum atomic E-state index is 10.0. The van der Waals surface area contributed by atoms with Gasteiger partial charge >= 0.3 is 21.0 Å². The third-order valence-corrected chi connectivity index (χ3v) is 0.412. The molecule has 0 rings (SSSR count). The number of ketones is 1. The first kappa shape index (κ1) is 22.5. The first-order valence-electron chi connectivity index (χ1n) is 2.19. The van der Waals surface area contributed by atoms with Crippen LogP contribution in [0.2, 0.25) is 0 Å². The second-order valence-electron chi connectivity index (χ2n) is 1.40. The maximum absolute atomic E-state index is 10.0. The van der Waals surface area contributed by atoms with E-state index in [2.05, 4.69) is 0 Å². The molecule has 0 saturated carbocycles. The molecule has 11 heavy (non-hydrogen) atoms. The van der Waals surface area contributed by atoms with Gasteiger partial charge in [0.25, 0.3) is 0 Å². The molecule has 0 bridgehead atoms. The van der Waals surface area contributed by atoms with Crippen molar-refractivity contribution in [2.45, 2.75) is 13.8 Å². The molecule has 0 radical (unpaired) electrons. The minimum atomic E-state index is -0.125. The topological polar surface area (TPSA) is 54.4 Å². The fourth-order valence-electron chi connectivity index (χ4n) is 0.294. The van der Waals surface area contributed by atoms with E-state index in [1.54, 1.807) is 0 Å². The molecule has 6 heteroatoms. The van der Waals surface area contributed by atoms with Crippen LogP contribution in [0.1, 0.15) is 13.8 Å².